The first-order valence-electron chi connectivity index (χ1n) is 6.16. The molecule has 0 aliphatic rings. The zero-order valence-corrected chi connectivity index (χ0v) is 11.6. The second kappa shape index (κ2) is 5.02. The van der Waals surface area contributed by atoms with Crippen molar-refractivity contribution in [2.24, 2.45) is 0 Å². The molecule has 0 unspecified atom stereocenters. The van der Waals surface area contributed by atoms with Crippen LogP contribution in [0.15, 0.2) is 54.7 Å². The normalized spacial score (nSPS) is 10.7. The van der Waals surface area contributed by atoms with Crippen LogP contribution >= 0.6 is 11.6 Å². The molecule has 1 aromatic carbocycles. The smallest absolute Gasteiger partial charge is 0.340 e. The quantitative estimate of drug-likeness (QED) is 0.665. The minimum Gasteiger partial charge on any atom is -0.465 e. The number of fused-ring (bicyclic) bond motifs is 1. The van der Waals surface area contributed by atoms with Gasteiger partial charge < -0.3 is 9.14 Å². The lowest BCUT2D eigenvalue weighted by atomic mass is 10.0. The van der Waals surface area contributed by atoms with E-state index in [0.717, 1.165) is 11.1 Å². The number of hydrogen-bond acceptors (Lipinski definition) is 2. The van der Waals surface area contributed by atoms with Crippen molar-refractivity contribution in [2.45, 2.75) is 0 Å². The van der Waals surface area contributed by atoms with Crippen molar-refractivity contribution in [3.8, 4) is 11.1 Å². The summed E-state index contributed by atoms with van der Waals surface area (Å²) >= 11 is 6.45. The first-order valence-corrected chi connectivity index (χ1v) is 6.54. The number of methoxy groups -OCH3 is 1. The molecule has 4 heteroatoms. The first-order chi connectivity index (χ1) is 9.74. The average molecular weight is 286 g/mol. The second-order valence-electron chi connectivity index (χ2n) is 4.35. The molecule has 0 amide bonds. The molecule has 0 N–H and O–H groups in total. The van der Waals surface area contributed by atoms with Gasteiger partial charge in [0.2, 0.25) is 0 Å². The summed E-state index contributed by atoms with van der Waals surface area (Å²) in [6.45, 7) is 0. The molecule has 2 heterocycles. The van der Waals surface area contributed by atoms with Gasteiger partial charge in [0, 0.05) is 11.8 Å². The van der Waals surface area contributed by atoms with Crippen LogP contribution in [0.1, 0.15) is 10.4 Å². The van der Waals surface area contributed by atoms with E-state index in [1.807, 2.05) is 54.7 Å². The Labute approximate surface area is 121 Å². The summed E-state index contributed by atoms with van der Waals surface area (Å²) in [6, 6.07) is 15.2. The molecule has 0 radical (unpaired) electrons. The van der Waals surface area contributed by atoms with Crippen molar-refractivity contribution in [1.29, 1.82) is 0 Å². The van der Waals surface area contributed by atoms with Crippen molar-refractivity contribution in [2.75, 3.05) is 7.11 Å². The highest BCUT2D eigenvalue weighted by Crippen LogP contribution is 2.36. The van der Waals surface area contributed by atoms with Crippen molar-refractivity contribution in [3.63, 3.8) is 0 Å². The molecule has 20 heavy (non-hydrogen) atoms. The van der Waals surface area contributed by atoms with Crippen LogP contribution in [0.5, 0.6) is 0 Å². The molecule has 0 saturated heterocycles. The Bertz CT molecular complexity index is 778. The van der Waals surface area contributed by atoms with Crippen LogP contribution in [0.25, 0.3) is 16.6 Å². The summed E-state index contributed by atoms with van der Waals surface area (Å²) in [6.07, 6.45) is 1.83. The summed E-state index contributed by atoms with van der Waals surface area (Å²) in [7, 11) is 1.37. The van der Waals surface area contributed by atoms with Crippen molar-refractivity contribution < 1.29 is 9.53 Å². The van der Waals surface area contributed by atoms with Crippen LogP contribution in [0, 0.1) is 0 Å². The predicted octanol–water partition coefficient (Wildman–Crippen LogP) is 4.05. The molecule has 3 rings (SSSR count). The predicted molar refractivity (Wildman–Crippen MR) is 79.2 cm³/mol. The highest BCUT2D eigenvalue weighted by Gasteiger charge is 2.23. The maximum atomic E-state index is 12.1. The molecule has 0 aliphatic carbocycles. The lowest BCUT2D eigenvalue weighted by Crippen LogP contribution is -2.02. The lowest BCUT2D eigenvalue weighted by Gasteiger charge is -2.03. The fourth-order valence-corrected chi connectivity index (χ4v) is 2.70. The van der Waals surface area contributed by atoms with Gasteiger partial charge in [-0.15, -0.1) is 0 Å². The summed E-state index contributed by atoms with van der Waals surface area (Å²) in [4.78, 5) is 12.1. The van der Waals surface area contributed by atoms with Crippen LogP contribution in [-0.2, 0) is 4.74 Å². The highest BCUT2D eigenvalue weighted by molar-refractivity contribution is 6.34. The van der Waals surface area contributed by atoms with Gasteiger partial charge in [0.25, 0.3) is 0 Å². The third-order valence-corrected chi connectivity index (χ3v) is 3.61. The SMILES string of the molecule is COC(=O)c1c(-c2ccccc2)c(Cl)n2ccccc12. The van der Waals surface area contributed by atoms with E-state index in [4.69, 9.17) is 16.3 Å². The minimum absolute atomic E-state index is 0.389. The van der Waals surface area contributed by atoms with Gasteiger partial charge in [0.05, 0.1) is 18.2 Å². The minimum atomic E-state index is -0.389. The van der Waals surface area contributed by atoms with E-state index in [9.17, 15) is 4.79 Å². The van der Waals surface area contributed by atoms with E-state index in [2.05, 4.69) is 0 Å². The molecular formula is C16H12ClNO2. The standard InChI is InChI=1S/C16H12ClNO2/c1-20-16(19)14-12-9-5-6-10-18(12)15(17)13(14)11-7-3-2-4-8-11/h2-10H,1H3. The molecule has 3 aromatic rings. The number of carbonyl (C=O) groups is 1. The number of ether oxygens (including phenoxy) is 1. The molecule has 3 nitrogen and oxygen atoms in total. The van der Waals surface area contributed by atoms with Crippen molar-refractivity contribution in [1.82, 2.24) is 4.40 Å². The number of nitrogens with zero attached hydrogens (tertiary/aromatic N) is 1. The molecule has 0 fully saturated rings. The van der Waals surface area contributed by atoms with Gasteiger partial charge in [-0.1, -0.05) is 48.0 Å². The van der Waals surface area contributed by atoms with Crippen LogP contribution in [-0.4, -0.2) is 17.5 Å². The Morgan fingerprint density at radius 3 is 2.50 bits per heavy atom. The fraction of sp³-hybridized carbons (Fsp3) is 0.0625. The van der Waals surface area contributed by atoms with Gasteiger partial charge in [0.1, 0.15) is 5.15 Å². The highest BCUT2D eigenvalue weighted by atomic mass is 35.5. The first kappa shape index (κ1) is 12.8. The summed E-state index contributed by atoms with van der Waals surface area (Å²) in [5, 5.41) is 0.507. The summed E-state index contributed by atoms with van der Waals surface area (Å²) in [5.41, 5.74) is 2.82. The van der Waals surface area contributed by atoms with E-state index < -0.39 is 0 Å². The number of rotatable bonds is 2. The molecule has 0 saturated carbocycles. The Balaban J connectivity index is 2.41. The number of benzene rings is 1. The van der Waals surface area contributed by atoms with Crippen LogP contribution in [0.4, 0.5) is 0 Å². The molecule has 0 aliphatic heterocycles. The Kier molecular flexibility index (Phi) is 3.20. The molecule has 0 spiro atoms. The number of halogens is 1. The molecule has 0 atom stereocenters. The number of carbonyl (C=O) groups excluding carboxylic acids is 1. The largest absolute Gasteiger partial charge is 0.465 e. The van der Waals surface area contributed by atoms with E-state index in [1.165, 1.54) is 7.11 Å². The van der Waals surface area contributed by atoms with Gasteiger partial charge in [-0.05, 0) is 17.7 Å². The lowest BCUT2D eigenvalue weighted by molar-refractivity contribution is 0.0604. The number of pyridine rings is 1. The van der Waals surface area contributed by atoms with Crippen LogP contribution in [0.3, 0.4) is 0 Å². The number of esters is 1. The summed E-state index contributed by atoms with van der Waals surface area (Å²) < 4.78 is 6.70. The molecule has 0 bridgehead atoms. The number of hydrogen-bond donors (Lipinski definition) is 0. The van der Waals surface area contributed by atoms with E-state index in [0.29, 0.717) is 16.3 Å². The maximum absolute atomic E-state index is 12.1. The molecule has 2 aromatic heterocycles. The van der Waals surface area contributed by atoms with Crippen molar-refractivity contribution in [3.05, 3.63) is 65.4 Å². The maximum Gasteiger partial charge on any atom is 0.340 e. The third kappa shape index (κ3) is 1.87. The fourth-order valence-electron chi connectivity index (χ4n) is 2.35. The Morgan fingerprint density at radius 2 is 1.80 bits per heavy atom. The zero-order chi connectivity index (χ0) is 14.1. The number of aromatic nitrogens is 1. The van der Waals surface area contributed by atoms with Crippen molar-refractivity contribution >= 4 is 23.1 Å². The van der Waals surface area contributed by atoms with Gasteiger partial charge in [0.15, 0.2) is 0 Å². The topological polar surface area (TPSA) is 30.7 Å². The van der Waals surface area contributed by atoms with Gasteiger partial charge in [-0.2, -0.15) is 0 Å². The Morgan fingerprint density at radius 1 is 1.10 bits per heavy atom. The summed E-state index contributed by atoms with van der Waals surface area (Å²) in [5.74, 6) is -0.389. The Hall–Kier alpha value is -2.26. The van der Waals surface area contributed by atoms with E-state index in [1.54, 1.807) is 4.40 Å². The third-order valence-electron chi connectivity index (χ3n) is 3.24. The monoisotopic (exact) mass is 285 g/mol. The van der Waals surface area contributed by atoms with Gasteiger partial charge >= 0.3 is 5.97 Å². The average Bonchev–Trinajstić information content (AvgIpc) is 2.81. The molecular weight excluding hydrogens is 274 g/mol. The van der Waals surface area contributed by atoms with Gasteiger partial charge in [-0.3, -0.25) is 0 Å². The van der Waals surface area contributed by atoms with Crippen LogP contribution in [0.2, 0.25) is 5.15 Å². The van der Waals surface area contributed by atoms with Gasteiger partial charge in [-0.25, -0.2) is 4.79 Å². The zero-order valence-electron chi connectivity index (χ0n) is 10.8. The van der Waals surface area contributed by atoms with E-state index in [-0.39, 0.29) is 5.97 Å². The van der Waals surface area contributed by atoms with Crippen LogP contribution < -0.4 is 0 Å². The van der Waals surface area contributed by atoms with E-state index >= 15 is 0 Å². The molecule has 100 valence electrons. The second-order valence-corrected chi connectivity index (χ2v) is 4.71.